The van der Waals surface area contributed by atoms with Crippen LogP contribution in [-0.4, -0.2) is 27.7 Å². The van der Waals surface area contributed by atoms with Crippen molar-refractivity contribution in [1.82, 2.24) is 4.98 Å². The quantitative estimate of drug-likeness (QED) is 0.257. The summed E-state index contributed by atoms with van der Waals surface area (Å²) in [6.07, 6.45) is 1.57. The van der Waals surface area contributed by atoms with Gasteiger partial charge < -0.3 is 10.4 Å². The van der Waals surface area contributed by atoms with Gasteiger partial charge in [-0.05, 0) is 53.2 Å². The minimum Gasteiger partial charge on any atom is -0.507 e. The van der Waals surface area contributed by atoms with Crippen molar-refractivity contribution in [2.24, 2.45) is 0 Å². The Morgan fingerprint density at radius 1 is 0.914 bits per heavy atom. The average Bonchev–Trinajstić information content (AvgIpc) is 3.14. The van der Waals surface area contributed by atoms with Gasteiger partial charge in [0.1, 0.15) is 11.8 Å². The molecule has 2 N–H and O–H groups in total. The highest BCUT2D eigenvalue weighted by Gasteiger charge is 2.47. The highest BCUT2D eigenvalue weighted by Crippen LogP contribution is 2.41. The summed E-state index contributed by atoms with van der Waals surface area (Å²) in [6.45, 7) is 1.40. The predicted molar refractivity (Wildman–Crippen MR) is 134 cm³/mol. The fourth-order valence-electron chi connectivity index (χ4n) is 4.32. The van der Waals surface area contributed by atoms with Crippen molar-refractivity contribution < 1.29 is 19.5 Å². The summed E-state index contributed by atoms with van der Waals surface area (Å²) >= 11 is 0. The molecule has 3 aromatic carbocycles. The number of pyridine rings is 1. The van der Waals surface area contributed by atoms with Crippen LogP contribution in [0.5, 0.6) is 0 Å². The van der Waals surface area contributed by atoms with Gasteiger partial charge in [0.15, 0.2) is 0 Å². The minimum absolute atomic E-state index is 0.0325. The molecule has 7 nitrogen and oxygen atoms in total. The monoisotopic (exact) mass is 463 g/mol. The molecule has 0 bridgehead atoms. The third kappa shape index (κ3) is 4.04. The van der Waals surface area contributed by atoms with Crippen molar-refractivity contribution in [3.8, 4) is 0 Å². The first kappa shape index (κ1) is 22.0. The van der Waals surface area contributed by atoms with Crippen molar-refractivity contribution in [3.05, 3.63) is 108 Å². The number of anilines is 2. The lowest BCUT2D eigenvalue weighted by atomic mass is 9.97. The Kier molecular flexibility index (Phi) is 5.58. The molecule has 1 fully saturated rings. The van der Waals surface area contributed by atoms with Gasteiger partial charge in [0.05, 0.1) is 11.3 Å². The molecule has 4 aromatic rings. The van der Waals surface area contributed by atoms with Crippen LogP contribution in [0.25, 0.3) is 16.5 Å². The number of fused-ring (bicyclic) bond motifs is 1. The van der Waals surface area contributed by atoms with E-state index in [2.05, 4.69) is 10.3 Å². The third-order valence-electron chi connectivity index (χ3n) is 5.90. The smallest absolute Gasteiger partial charge is 0.300 e. The molecule has 35 heavy (non-hydrogen) atoms. The summed E-state index contributed by atoms with van der Waals surface area (Å²) in [5.74, 6) is -2.04. The van der Waals surface area contributed by atoms with Crippen LogP contribution in [0.1, 0.15) is 24.2 Å². The number of amides is 2. The second-order valence-electron chi connectivity index (χ2n) is 8.21. The number of rotatable bonds is 4. The summed E-state index contributed by atoms with van der Waals surface area (Å²) in [7, 11) is 0. The SMILES string of the molecule is CC(=O)Nc1ccc(N2C(=O)C(=O)/C(=C(\O)c3ccc4ccccc4c3)C2c2ccccn2)cc1. The normalized spacial score (nSPS) is 17.1. The van der Waals surface area contributed by atoms with E-state index >= 15 is 0 Å². The van der Waals surface area contributed by atoms with Crippen LogP contribution in [0.2, 0.25) is 0 Å². The Bertz CT molecular complexity index is 1490. The molecule has 1 atom stereocenters. The third-order valence-corrected chi connectivity index (χ3v) is 5.90. The number of aromatic nitrogens is 1. The molecule has 0 radical (unpaired) electrons. The first-order chi connectivity index (χ1) is 16.9. The van der Waals surface area contributed by atoms with Crippen LogP contribution in [-0.2, 0) is 14.4 Å². The van der Waals surface area contributed by atoms with Crippen molar-refractivity contribution >= 4 is 45.5 Å². The molecule has 1 unspecified atom stereocenters. The standard InChI is InChI=1S/C28H21N3O4/c1-17(32)30-21-11-13-22(14-12-21)31-25(23-8-4-5-15-29-23)24(27(34)28(31)35)26(33)20-10-9-18-6-2-3-7-19(18)16-20/h2-16,25,33H,1H3,(H,30,32)/b26-24-. The van der Waals surface area contributed by atoms with Gasteiger partial charge in [-0.25, -0.2) is 0 Å². The van der Waals surface area contributed by atoms with Gasteiger partial charge in [-0.15, -0.1) is 0 Å². The highest BCUT2D eigenvalue weighted by atomic mass is 16.3. The summed E-state index contributed by atoms with van der Waals surface area (Å²) in [5.41, 5.74) is 1.84. The summed E-state index contributed by atoms with van der Waals surface area (Å²) in [5, 5.41) is 15.9. The van der Waals surface area contributed by atoms with E-state index in [0.717, 1.165) is 10.8 Å². The predicted octanol–water partition coefficient (Wildman–Crippen LogP) is 4.82. The number of hydrogen-bond donors (Lipinski definition) is 2. The van der Waals surface area contributed by atoms with Crippen molar-refractivity contribution in [2.45, 2.75) is 13.0 Å². The number of benzene rings is 3. The van der Waals surface area contributed by atoms with Crippen LogP contribution in [0.3, 0.4) is 0 Å². The highest BCUT2D eigenvalue weighted by molar-refractivity contribution is 6.51. The molecule has 0 saturated carbocycles. The first-order valence-electron chi connectivity index (χ1n) is 11.0. The maximum absolute atomic E-state index is 13.3. The van der Waals surface area contributed by atoms with Gasteiger partial charge >= 0.3 is 0 Å². The lowest BCUT2D eigenvalue weighted by Crippen LogP contribution is -2.29. The van der Waals surface area contributed by atoms with Gasteiger partial charge in [0.2, 0.25) is 5.91 Å². The molecule has 1 saturated heterocycles. The largest absolute Gasteiger partial charge is 0.507 e. The fourth-order valence-corrected chi connectivity index (χ4v) is 4.32. The van der Waals surface area contributed by atoms with Gasteiger partial charge in [-0.1, -0.05) is 42.5 Å². The molecule has 2 amide bonds. The number of aliphatic hydroxyl groups excluding tert-OH is 1. The van der Waals surface area contributed by atoms with Gasteiger partial charge in [0, 0.05) is 30.1 Å². The van der Waals surface area contributed by atoms with E-state index in [1.165, 1.54) is 11.8 Å². The molecule has 172 valence electrons. The first-order valence-corrected chi connectivity index (χ1v) is 11.0. The molecular weight excluding hydrogens is 442 g/mol. The van der Waals surface area contributed by atoms with E-state index in [1.807, 2.05) is 30.3 Å². The Morgan fingerprint density at radius 2 is 1.63 bits per heavy atom. The van der Waals surface area contributed by atoms with Crippen molar-refractivity contribution in [1.29, 1.82) is 0 Å². The number of carbonyl (C=O) groups is 3. The Hall–Kier alpha value is -4.78. The molecule has 0 spiro atoms. The zero-order valence-corrected chi connectivity index (χ0v) is 18.8. The zero-order chi connectivity index (χ0) is 24.5. The zero-order valence-electron chi connectivity index (χ0n) is 18.8. The van der Waals surface area contributed by atoms with E-state index in [0.29, 0.717) is 22.6 Å². The Morgan fingerprint density at radius 3 is 2.31 bits per heavy atom. The number of carbonyl (C=O) groups excluding carboxylic acids is 3. The maximum atomic E-state index is 13.3. The van der Waals surface area contributed by atoms with Crippen LogP contribution in [0.4, 0.5) is 11.4 Å². The Balaban J connectivity index is 1.66. The van der Waals surface area contributed by atoms with E-state index < -0.39 is 17.7 Å². The van der Waals surface area contributed by atoms with Crippen LogP contribution in [0, 0.1) is 0 Å². The van der Waals surface area contributed by atoms with E-state index in [4.69, 9.17) is 0 Å². The topological polar surface area (TPSA) is 99.6 Å². The molecule has 1 aromatic heterocycles. The molecule has 5 rings (SSSR count). The molecule has 7 heteroatoms. The molecule has 2 heterocycles. The second kappa shape index (κ2) is 8.87. The van der Waals surface area contributed by atoms with Gasteiger partial charge in [0.25, 0.3) is 11.7 Å². The average molecular weight is 463 g/mol. The maximum Gasteiger partial charge on any atom is 0.300 e. The van der Waals surface area contributed by atoms with Crippen molar-refractivity contribution in [3.63, 3.8) is 0 Å². The van der Waals surface area contributed by atoms with E-state index in [9.17, 15) is 19.5 Å². The van der Waals surface area contributed by atoms with Crippen molar-refractivity contribution in [2.75, 3.05) is 10.2 Å². The molecule has 1 aliphatic rings. The van der Waals surface area contributed by atoms with Crippen LogP contribution < -0.4 is 10.2 Å². The van der Waals surface area contributed by atoms with Crippen LogP contribution in [0.15, 0.2) is 96.7 Å². The Labute approximate surface area is 201 Å². The summed E-state index contributed by atoms with van der Waals surface area (Å²) in [6, 6.07) is 23.9. The number of hydrogen-bond acceptors (Lipinski definition) is 5. The second-order valence-corrected chi connectivity index (χ2v) is 8.21. The summed E-state index contributed by atoms with van der Waals surface area (Å²) < 4.78 is 0. The molecule has 0 aliphatic carbocycles. The van der Waals surface area contributed by atoms with E-state index in [1.54, 1.807) is 60.8 Å². The molecular formula is C28H21N3O4. The number of nitrogens with one attached hydrogen (secondary N) is 1. The lowest BCUT2D eigenvalue weighted by molar-refractivity contribution is -0.132. The number of aliphatic hydroxyl groups is 1. The lowest BCUT2D eigenvalue weighted by Gasteiger charge is -2.24. The van der Waals surface area contributed by atoms with Gasteiger partial charge in [-0.2, -0.15) is 0 Å². The number of nitrogens with zero attached hydrogens (tertiary/aromatic N) is 2. The number of Topliss-reactive ketones (excluding diaryl/α,β-unsaturated/α-hetero) is 1. The summed E-state index contributed by atoms with van der Waals surface area (Å²) in [4.78, 5) is 43.6. The number of ketones is 1. The van der Waals surface area contributed by atoms with Crippen LogP contribution >= 0.6 is 0 Å². The van der Waals surface area contributed by atoms with E-state index in [-0.39, 0.29) is 17.2 Å². The fraction of sp³-hybridized carbons (Fsp3) is 0.0714. The van der Waals surface area contributed by atoms with Gasteiger partial charge in [-0.3, -0.25) is 24.3 Å². The molecule has 1 aliphatic heterocycles. The minimum atomic E-state index is -0.922.